The standard InChI is InChI=1S/C17H15ClF4N2O3S/c1-28(26,27)24(9-11-4-2-3-5-15(11)19)10-16(25)23-12-6-7-14(18)13(8-12)17(20,21)22/h2-8H,9-10H2,1H3,(H,23,25). The Bertz CT molecular complexity index is 981. The van der Waals surface area contributed by atoms with Crippen LogP contribution in [0.1, 0.15) is 11.1 Å². The van der Waals surface area contributed by atoms with E-state index in [4.69, 9.17) is 11.6 Å². The Morgan fingerprint density at radius 2 is 1.82 bits per heavy atom. The third kappa shape index (κ3) is 5.91. The molecule has 0 aliphatic rings. The highest BCUT2D eigenvalue weighted by atomic mass is 35.5. The fourth-order valence-corrected chi connectivity index (χ4v) is 3.24. The van der Waals surface area contributed by atoms with Crippen molar-refractivity contribution in [1.29, 1.82) is 0 Å². The number of carbonyl (C=O) groups excluding carboxylic acids is 1. The molecule has 0 saturated carbocycles. The van der Waals surface area contributed by atoms with Gasteiger partial charge in [0.15, 0.2) is 0 Å². The van der Waals surface area contributed by atoms with Gasteiger partial charge >= 0.3 is 6.18 Å². The highest BCUT2D eigenvalue weighted by molar-refractivity contribution is 7.88. The fraction of sp³-hybridized carbons (Fsp3) is 0.235. The number of rotatable bonds is 6. The summed E-state index contributed by atoms with van der Waals surface area (Å²) in [7, 11) is -3.90. The van der Waals surface area contributed by atoms with Crippen molar-refractivity contribution in [3.8, 4) is 0 Å². The lowest BCUT2D eigenvalue weighted by Crippen LogP contribution is -2.37. The van der Waals surface area contributed by atoms with Crippen LogP contribution in [0.2, 0.25) is 5.02 Å². The van der Waals surface area contributed by atoms with Crippen LogP contribution in [0, 0.1) is 5.82 Å². The zero-order valence-electron chi connectivity index (χ0n) is 14.4. The van der Waals surface area contributed by atoms with Crippen molar-refractivity contribution in [3.05, 3.63) is 64.4 Å². The molecule has 0 saturated heterocycles. The van der Waals surface area contributed by atoms with Gasteiger partial charge in [0.2, 0.25) is 15.9 Å². The van der Waals surface area contributed by atoms with Gasteiger partial charge in [-0.15, -0.1) is 0 Å². The van der Waals surface area contributed by atoms with E-state index in [0.29, 0.717) is 10.4 Å². The van der Waals surface area contributed by atoms with E-state index < -0.39 is 51.6 Å². The third-order valence-electron chi connectivity index (χ3n) is 3.65. The average molecular weight is 439 g/mol. The Kier molecular flexibility index (Phi) is 6.68. The molecule has 2 aromatic rings. The fourth-order valence-electron chi connectivity index (χ4n) is 2.29. The van der Waals surface area contributed by atoms with Gasteiger partial charge in [-0.3, -0.25) is 4.79 Å². The molecule has 1 amide bonds. The number of carbonyl (C=O) groups is 1. The van der Waals surface area contributed by atoms with E-state index in [1.54, 1.807) is 0 Å². The molecule has 11 heteroatoms. The topological polar surface area (TPSA) is 66.5 Å². The molecule has 28 heavy (non-hydrogen) atoms. The highest BCUT2D eigenvalue weighted by Crippen LogP contribution is 2.36. The zero-order valence-corrected chi connectivity index (χ0v) is 16.0. The summed E-state index contributed by atoms with van der Waals surface area (Å²) in [5, 5.41) is 1.65. The molecule has 0 bridgehead atoms. The predicted octanol–water partition coefficient (Wildman–Crippen LogP) is 3.90. The van der Waals surface area contributed by atoms with Gasteiger partial charge in [0.05, 0.1) is 23.4 Å². The largest absolute Gasteiger partial charge is 0.417 e. The lowest BCUT2D eigenvalue weighted by molar-refractivity contribution is -0.137. The number of halogens is 5. The molecule has 1 N–H and O–H groups in total. The molecular weight excluding hydrogens is 424 g/mol. The number of nitrogens with zero attached hydrogens (tertiary/aromatic N) is 1. The Hall–Kier alpha value is -2.17. The molecule has 0 heterocycles. The van der Waals surface area contributed by atoms with Gasteiger partial charge < -0.3 is 5.32 Å². The third-order valence-corrected chi connectivity index (χ3v) is 5.17. The second-order valence-electron chi connectivity index (χ2n) is 5.86. The van der Waals surface area contributed by atoms with Gasteiger partial charge in [-0.2, -0.15) is 17.5 Å². The van der Waals surface area contributed by atoms with Crippen molar-refractivity contribution in [2.45, 2.75) is 12.7 Å². The van der Waals surface area contributed by atoms with Crippen LogP contribution in [-0.4, -0.2) is 31.4 Å². The molecule has 0 aromatic heterocycles. The van der Waals surface area contributed by atoms with E-state index in [1.807, 2.05) is 0 Å². The van der Waals surface area contributed by atoms with Crippen molar-refractivity contribution in [3.63, 3.8) is 0 Å². The van der Waals surface area contributed by atoms with Gasteiger partial charge in [0.25, 0.3) is 0 Å². The molecule has 0 aliphatic heterocycles. The molecule has 0 spiro atoms. The number of hydrogen-bond donors (Lipinski definition) is 1. The molecule has 152 valence electrons. The van der Waals surface area contributed by atoms with Crippen molar-refractivity contribution in [2.75, 3.05) is 18.1 Å². The first-order chi connectivity index (χ1) is 12.9. The van der Waals surface area contributed by atoms with Crippen LogP contribution in [0.5, 0.6) is 0 Å². The lowest BCUT2D eigenvalue weighted by atomic mass is 10.2. The van der Waals surface area contributed by atoms with E-state index >= 15 is 0 Å². The quantitative estimate of drug-likeness (QED) is 0.696. The van der Waals surface area contributed by atoms with Crippen LogP contribution in [0.3, 0.4) is 0 Å². The molecule has 2 aromatic carbocycles. The first kappa shape index (κ1) is 22.1. The van der Waals surface area contributed by atoms with Gasteiger partial charge in [-0.1, -0.05) is 29.8 Å². The predicted molar refractivity (Wildman–Crippen MR) is 96.7 cm³/mol. The number of alkyl halides is 3. The van der Waals surface area contributed by atoms with Crippen molar-refractivity contribution in [1.82, 2.24) is 4.31 Å². The zero-order chi connectivity index (χ0) is 21.1. The first-order valence-electron chi connectivity index (χ1n) is 7.73. The van der Waals surface area contributed by atoms with E-state index in [1.165, 1.54) is 18.2 Å². The normalized spacial score (nSPS) is 12.2. The van der Waals surface area contributed by atoms with Crippen LogP contribution >= 0.6 is 11.6 Å². The number of hydrogen-bond acceptors (Lipinski definition) is 3. The summed E-state index contributed by atoms with van der Waals surface area (Å²) < 4.78 is 77.0. The molecule has 0 fully saturated rings. The summed E-state index contributed by atoms with van der Waals surface area (Å²) in [6.45, 7) is -1.12. The summed E-state index contributed by atoms with van der Waals surface area (Å²) in [5.74, 6) is -1.54. The van der Waals surface area contributed by atoms with Gasteiger partial charge in [-0.05, 0) is 24.3 Å². The van der Waals surface area contributed by atoms with Crippen molar-refractivity contribution < 1.29 is 30.8 Å². The minimum atomic E-state index is -4.72. The monoisotopic (exact) mass is 438 g/mol. The van der Waals surface area contributed by atoms with Gasteiger partial charge in [-0.25, -0.2) is 12.8 Å². The highest BCUT2D eigenvalue weighted by Gasteiger charge is 2.33. The van der Waals surface area contributed by atoms with Crippen LogP contribution in [0.25, 0.3) is 0 Å². The number of sulfonamides is 1. The van der Waals surface area contributed by atoms with Crippen LogP contribution < -0.4 is 5.32 Å². The van der Waals surface area contributed by atoms with E-state index in [2.05, 4.69) is 5.32 Å². The molecule has 0 unspecified atom stereocenters. The minimum absolute atomic E-state index is 0.0478. The average Bonchev–Trinajstić information content (AvgIpc) is 2.56. The van der Waals surface area contributed by atoms with E-state index in [9.17, 15) is 30.8 Å². The van der Waals surface area contributed by atoms with E-state index in [0.717, 1.165) is 24.5 Å². The van der Waals surface area contributed by atoms with Crippen LogP contribution in [0.15, 0.2) is 42.5 Å². The molecule has 2 rings (SSSR count). The number of anilines is 1. The Balaban J connectivity index is 2.18. The first-order valence-corrected chi connectivity index (χ1v) is 9.95. The second-order valence-corrected chi connectivity index (χ2v) is 8.25. The Morgan fingerprint density at radius 1 is 1.18 bits per heavy atom. The summed E-state index contributed by atoms with van der Waals surface area (Å²) in [6.07, 6.45) is -3.88. The summed E-state index contributed by atoms with van der Waals surface area (Å²) >= 11 is 5.51. The maximum Gasteiger partial charge on any atom is 0.417 e. The molecule has 0 aliphatic carbocycles. The Morgan fingerprint density at radius 3 is 2.39 bits per heavy atom. The molecule has 0 radical (unpaired) electrons. The SMILES string of the molecule is CS(=O)(=O)N(CC(=O)Nc1ccc(Cl)c(C(F)(F)F)c1)Cc1ccccc1F. The molecule has 5 nitrogen and oxygen atoms in total. The summed E-state index contributed by atoms with van der Waals surface area (Å²) in [5.41, 5.74) is -1.30. The van der Waals surface area contributed by atoms with Gasteiger partial charge in [0, 0.05) is 17.8 Å². The number of nitrogens with one attached hydrogen (secondary N) is 1. The minimum Gasteiger partial charge on any atom is -0.325 e. The number of amides is 1. The van der Waals surface area contributed by atoms with Crippen LogP contribution in [-0.2, 0) is 27.5 Å². The second kappa shape index (κ2) is 8.46. The maximum atomic E-state index is 13.8. The molecular formula is C17H15ClF4N2O3S. The summed E-state index contributed by atoms with van der Waals surface area (Å²) in [4.78, 5) is 12.2. The van der Waals surface area contributed by atoms with Gasteiger partial charge in [0.1, 0.15) is 5.82 Å². The Labute approximate surface area is 164 Å². The van der Waals surface area contributed by atoms with Crippen molar-refractivity contribution in [2.24, 2.45) is 0 Å². The maximum absolute atomic E-state index is 13.8. The molecule has 0 atom stereocenters. The van der Waals surface area contributed by atoms with Crippen LogP contribution in [0.4, 0.5) is 23.2 Å². The number of benzene rings is 2. The lowest BCUT2D eigenvalue weighted by Gasteiger charge is -2.20. The smallest absolute Gasteiger partial charge is 0.325 e. The summed E-state index contributed by atoms with van der Waals surface area (Å²) in [6, 6.07) is 8.19. The van der Waals surface area contributed by atoms with Crippen molar-refractivity contribution >= 4 is 33.2 Å². The van der Waals surface area contributed by atoms with E-state index in [-0.39, 0.29) is 11.3 Å².